The number of nitrogens with one attached hydrogen (secondary N) is 1. The number of anilines is 1. The number of thiophene rings is 1. The monoisotopic (exact) mass is 671 g/mol. The number of aromatic amines is 1. The van der Waals surface area contributed by atoms with Crippen LogP contribution >= 0.6 is 11.3 Å². The van der Waals surface area contributed by atoms with Crippen LogP contribution in [-0.4, -0.2) is 74.2 Å². The molecule has 1 saturated heterocycles. The van der Waals surface area contributed by atoms with E-state index in [9.17, 15) is 21.6 Å². The molecule has 7 rings (SSSR count). The van der Waals surface area contributed by atoms with Crippen molar-refractivity contribution in [3.63, 3.8) is 0 Å². The summed E-state index contributed by atoms with van der Waals surface area (Å²) in [7, 11) is -3.68. The summed E-state index contributed by atoms with van der Waals surface area (Å²) < 4.78 is 51.9. The molecule has 0 spiro atoms. The topological polar surface area (TPSA) is 133 Å². The van der Waals surface area contributed by atoms with Crippen molar-refractivity contribution in [3.8, 4) is 22.3 Å². The van der Waals surface area contributed by atoms with Crippen LogP contribution in [0.2, 0.25) is 0 Å². The van der Waals surface area contributed by atoms with Crippen LogP contribution in [0.3, 0.4) is 0 Å². The van der Waals surface area contributed by atoms with Gasteiger partial charge in [0.1, 0.15) is 5.65 Å². The zero-order valence-electron chi connectivity index (χ0n) is 24.9. The molecule has 1 aliphatic rings. The van der Waals surface area contributed by atoms with Gasteiger partial charge in [0.25, 0.3) is 15.9 Å². The fraction of sp³-hybridized carbons (Fsp3) is 0.182. The molecule has 1 amide bonds. The molecule has 1 N–H and O–H groups in total. The molecule has 0 bridgehead atoms. The van der Waals surface area contributed by atoms with Crippen molar-refractivity contribution >= 4 is 64.7 Å². The Morgan fingerprint density at radius 1 is 1.00 bits per heavy atom. The Hall–Kier alpha value is -4.59. The third-order valence-corrected chi connectivity index (χ3v) is 13.0. The zero-order valence-corrected chi connectivity index (χ0v) is 27.4. The number of pyridine rings is 2. The van der Waals surface area contributed by atoms with E-state index in [1.165, 1.54) is 20.5 Å². The van der Waals surface area contributed by atoms with Crippen LogP contribution in [0.1, 0.15) is 16.8 Å². The number of H-pyrrole nitrogens is 1. The molecule has 2 aromatic carbocycles. The quantitative estimate of drug-likeness (QED) is 0.234. The first-order valence-corrected chi connectivity index (χ1v) is 18.7. The van der Waals surface area contributed by atoms with E-state index >= 15 is 0 Å². The molecule has 234 valence electrons. The van der Waals surface area contributed by atoms with Gasteiger partial charge < -0.3 is 9.88 Å². The summed E-state index contributed by atoms with van der Waals surface area (Å²) in [6.07, 6.45) is 5.65. The number of nitrogens with zero attached hydrogens (tertiary/aromatic N) is 4. The molecule has 1 fully saturated rings. The number of sulfonamides is 1. The minimum atomic E-state index is -3.75. The second kappa shape index (κ2) is 11.3. The van der Waals surface area contributed by atoms with Gasteiger partial charge in [0.2, 0.25) is 0 Å². The number of carbonyl (C=O) groups is 1. The highest BCUT2D eigenvalue weighted by molar-refractivity contribution is 7.93. The molecule has 46 heavy (non-hydrogen) atoms. The fourth-order valence-electron chi connectivity index (χ4n) is 6.02. The van der Waals surface area contributed by atoms with Gasteiger partial charge in [0.15, 0.2) is 9.84 Å². The molecule has 6 aromatic rings. The number of rotatable bonds is 7. The van der Waals surface area contributed by atoms with Crippen LogP contribution in [0.15, 0.2) is 94.9 Å². The van der Waals surface area contributed by atoms with Crippen molar-refractivity contribution in [1.29, 1.82) is 0 Å². The molecule has 13 heteroatoms. The van der Waals surface area contributed by atoms with Gasteiger partial charge in [-0.3, -0.25) is 14.1 Å². The summed E-state index contributed by atoms with van der Waals surface area (Å²) in [5, 5.41) is 4.98. The number of hydrogen-bond donors (Lipinski definition) is 1. The highest BCUT2D eigenvalue weighted by atomic mass is 32.2. The second-order valence-electron chi connectivity index (χ2n) is 11.3. The Morgan fingerprint density at radius 3 is 2.43 bits per heavy atom. The van der Waals surface area contributed by atoms with Gasteiger partial charge in [-0.15, -0.1) is 0 Å². The van der Waals surface area contributed by atoms with E-state index in [-0.39, 0.29) is 28.4 Å². The predicted octanol–water partition coefficient (Wildman–Crippen LogP) is 5.59. The zero-order chi connectivity index (χ0) is 32.2. The van der Waals surface area contributed by atoms with Crippen molar-refractivity contribution in [2.24, 2.45) is 0 Å². The van der Waals surface area contributed by atoms with E-state index in [2.05, 4.69) is 9.97 Å². The van der Waals surface area contributed by atoms with Gasteiger partial charge in [-0.05, 0) is 71.5 Å². The van der Waals surface area contributed by atoms with Crippen LogP contribution in [0.5, 0.6) is 0 Å². The average Bonchev–Trinajstić information content (AvgIpc) is 3.82. The third kappa shape index (κ3) is 5.23. The smallest absolute Gasteiger partial charge is 0.264 e. The second-order valence-corrected chi connectivity index (χ2v) is 16.3. The Bertz CT molecular complexity index is 2320. The first-order valence-electron chi connectivity index (χ1n) is 14.5. The van der Waals surface area contributed by atoms with Crippen LogP contribution in [0, 0.1) is 0 Å². The van der Waals surface area contributed by atoms with Crippen LogP contribution in [0.25, 0.3) is 44.2 Å². The predicted molar refractivity (Wildman–Crippen MR) is 181 cm³/mol. The molecule has 1 aliphatic heterocycles. The van der Waals surface area contributed by atoms with E-state index in [4.69, 9.17) is 4.98 Å². The number of aromatic nitrogens is 3. The maximum atomic E-state index is 13.3. The van der Waals surface area contributed by atoms with Gasteiger partial charge >= 0.3 is 0 Å². The minimum absolute atomic E-state index is 0.0175. The lowest BCUT2D eigenvalue weighted by Crippen LogP contribution is -2.37. The molecule has 5 heterocycles. The van der Waals surface area contributed by atoms with Crippen LogP contribution in [-0.2, 0) is 19.9 Å². The van der Waals surface area contributed by atoms with Crippen LogP contribution < -0.4 is 4.31 Å². The lowest BCUT2D eigenvalue weighted by Gasteiger charge is -2.23. The standard InChI is InChI=1S/C33H29N5O5S3/c1-37(25-12-16-45(40,41)20-25)33(39)23-5-3-21(4-6-23)28-18-35-32-31(30(28)22-9-13-34-14-10-22)27-17-24(7-8-29(27)36-32)38(2)46(42,43)26-11-15-44-19-26/h3-11,13-15,17-19,25H,12,16,20H2,1-2H3,(H,35,36). The molecule has 4 aromatic heterocycles. The molecule has 1 unspecified atom stereocenters. The maximum absolute atomic E-state index is 13.3. The first kappa shape index (κ1) is 30.1. The average molecular weight is 672 g/mol. The molecule has 0 radical (unpaired) electrons. The van der Waals surface area contributed by atoms with E-state index in [1.807, 2.05) is 36.4 Å². The Morgan fingerprint density at radius 2 is 1.76 bits per heavy atom. The molecule has 1 atom stereocenters. The highest BCUT2D eigenvalue weighted by Crippen LogP contribution is 2.41. The van der Waals surface area contributed by atoms with Gasteiger partial charge in [0, 0.05) is 77.1 Å². The van der Waals surface area contributed by atoms with Crippen molar-refractivity contribution in [1.82, 2.24) is 19.9 Å². The summed E-state index contributed by atoms with van der Waals surface area (Å²) in [5.41, 5.74) is 5.83. The van der Waals surface area contributed by atoms with Crippen molar-refractivity contribution in [2.45, 2.75) is 17.4 Å². The number of benzene rings is 2. The highest BCUT2D eigenvalue weighted by Gasteiger charge is 2.33. The molecule has 10 nitrogen and oxygen atoms in total. The molecule has 0 saturated carbocycles. The van der Waals surface area contributed by atoms with Gasteiger partial charge in [-0.2, -0.15) is 11.3 Å². The number of hydrogen-bond acceptors (Lipinski definition) is 8. The van der Waals surface area contributed by atoms with Crippen molar-refractivity contribution in [2.75, 3.05) is 29.9 Å². The summed E-state index contributed by atoms with van der Waals surface area (Å²) in [6.45, 7) is 0. The Labute approximate surface area is 270 Å². The minimum Gasteiger partial charge on any atom is -0.339 e. The lowest BCUT2D eigenvalue weighted by atomic mass is 9.92. The first-order chi connectivity index (χ1) is 22.0. The lowest BCUT2D eigenvalue weighted by molar-refractivity contribution is 0.0747. The molecular weight excluding hydrogens is 643 g/mol. The van der Waals surface area contributed by atoms with Crippen molar-refractivity contribution < 1.29 is 21.6 Å². The molecule has 0 aliphatic carbocycles. The number of fused-ring (bicyclic) bond motifs is 3. The summed E-state index contributed by atoms with van der Waals surface area (Å²) in [6, 6.07) is 17.8. The maximum Gasteiger partial charge on any atom is 0.264 e. The van der Waals surface area contributed by atoms with Crippen molar-refractivity contribution in [3.05, 3.63) is 95.6 Å². The third-order valence-electron chi connectivity index (χ3n) is 8.61. The number of amides is 1. The fourth-order valence-corrected chi connectivity index (χ4v) is 9.99. The summed E-state index contributed by atoms with van der Waals surface area (Å²) in [4.78, 5) is 27.4. The number of carbonyl (C=O) groups excluding carboxylic acids is 1. The Kier molecular flexibility index (Phi) is 7.41. The Balaban J connectivity index is 1.33. The van der Waals surface area contributed by atoms with E-state index in [1.54, 1.807) is 67.7 Å². The normalized spacial score (nSPS) is 16.2. The SMILES string of the molecule is CN(C(=O)c1ccc(-c2cnc3[nH]c4ccc(N(C)S(=O)(=O)c5ccsc5)cc4c3c2-c2ccncc2)cc1)C1CCS(=O)(=O)C1. The largest absolute Gasteiger partial charge is 0.339 e. The van der Waals surface area contributed by atoms with Crippen LogP contribution in [0.4, 0.5) is 5.69 Å². The number of sulfone groups is 1. The summed E-state index contributed by atoms with van der Waals surface area (Å²) >= 11 is 1.33. The van der Waals surface area contributed by atoms with Gasteiger partial charge in [0.05, 0.1) is 22.1 Å². The summed E-state index contributed by atoms with van der Waals surface area (Å²) in [5.74, 6) is -0.157. The van der Waals surface area contributed by atoms with E-state index in [0.29, 0.717) is 23.3 Å². The van der Waals surface area contributed by atoms with E-state index < -0.39 is 19.9 Å². The van der Waals surface area contributed by atoms with Gasteiger partial charge in [-0.1, -0.05) is 12.1 Å². The molecular formula is C33H29N5O5S3. The van der Waals surface area contributed by atoms with E-state index in [0.717, 1.165) is 38.5 Å². The van der Waals surface area contributed by atoms with Gasteiger partial charge in [-0.25, -0.2) is 21.8 Å².